The number of unbranched alkanes of at least 4 members (excludes halogenated alkanes) is 1. The first-order valence-corrected chi connectivity index (χ1v) is 17.9. The van der Waals surface area contributed by atoms with Gasteiger partial charge in [0.05, 0.1) is 24.5 Å². The molecule has 3 heterocycles. The summed E-state index contributed by atoms with van der Waals surface area (Å²) in [5.41, 5.74) is 1.96. The van der Waals surface area contributed by atoms with Crippen LogP contribution in [0.2, 0.25) is 0 Å². The number of nitrogens with one attached hydrogen (secondary N) is 1. The number of aliphatic hydroxyl groups excluding tert-OH is 1. The molecule has 2 aromatic carbocycles. The summed E-state index contributed by atoms with van der Waals surface area (Å²) in [7, 11) is 0. The predicted molar refractivity (Wildman–Crippen MR) is 190 cm³/mol. The second-order valence-electron chi connectivity index (χ2n) is 13.1. The van der Waals surface area contributed by atoms with Gasteiger partial charge in [0.2, 0.25) is 11.8 Å². The van der Waals surface area contributed by atoms with Gasteiger partial charge < -0.3 is 29.7 Å². The van der Waals surface area contributed by atoms with Crippen molar-refractivity contribution < 1.29 is 33.8 Å². The number of halogens is 1. The van der Waals surface area contributed by atoms with Crippen LogP contribution in [0.4, 0.5) is 5.69 Å². The van der Waals surface area contributed by atoms with Crippen LogP contribution in [0, 0.1) is 25.7 Å². The highest BCUT2D eigenvalue weighted by molar-refractivity contribution is 9.09. The van der Waals surface area contributed by atoms with E-state index in [0.29, 0.717) is 31.2 Å². The average molecular weight is 737 g/mol. The minimum Gasteiger partial charge on any atom is -0.455 e. The highest BCUT2D eigenvalue weighted by Crippen LogP contribution is 2.60. The van der Waals surface area contributed by atoms with Gasteiger partial charge in [-0.1, -0.05) is 76.6 Å². The fraction of sp³-hybridized carbons (Fsp3) is 0.474. The Balaban J connectivity index is 1.50. The summed E-state index contributed by atoms with van der Waals surface area (Å²) < 4.78 is 12.9. The van der Waals surface area contributed by atoms with E-state index >= 15 is 0 Å². The number of anilines is 1. The molecule has 1 spiro atoms. The van der Waals surface area contributed by atoms with E-state index < -0.39 is 41.7 Å². The summed E-state index contributed by atoms with van der Waals surface area (Å²) in [6.07, 6.45) is 3.85. The van der Waals surface area contributed by atoms with Crippen LogP contribution in [0.25, 0.3) is 0 Å². The Morgan fingerprint density at radius 1 is 1.12 bits per heavy atom. The molecule has 0 aliphatic carbocycles. The maximum atomic E-state index is 14.9. The topological polar surface area (TPSA) is 125 Å². The number of allylic oxidation sites excluding steroid dienone is 1. The van der Waals surface area contributed by atoms with Crippen molar-refractivity contribution in [1.82, 2.24) is 10.2 Å². The molecule has 3 amide bonds. The zero-order valence-electron chi connectivity index (χ0n) is 28.2. The molecule has 0 aromatic heterocycles. The molecule has 2 bridgehead atoms. The van der Waals surface area contributed by atoms with Gasteiger partial charge in [-0.2, -0.15) is 0 Å². The molecule has 3 fully saturated rings. The van der Waals surface area contributed by atoms with Gasteiger partial charge in [-0.15, -0.1) is 13.2 Å². The number of likely N-dealkylation sites (tertiary alicyclic amines) is 1. The summed E-state index contributed by atoms with van der Waals surface area (Å²) in [5.74, 6) is -3.41. The largest absolute Gasteiger partial charge is 0.455 e. The number of aliphatic hydroxyl groups is 1. The van der Waals surface area contributed by atoms with Crippen molar-refractivity contribution in [3.63, 3.8) is 0 Å². The molecule has 2 N–H and O–H groups in total. The SMILES string of the molecule is C=CCCC(=O)NC[C@@H](OC(=O)[C@H]1[C@@H]2O[C@@]3(CC2Br)[C@@H]1C(=O)N(CCCCO)[C@@H]3C(=O)N(CC=C)c1c(C)cccc1C)c1ccccc1. The van der Waals surface area contributed by atoms with E-state index in [1.807, 2.05) is 62.4 Å². The number of carbonyl (C=O) groups is 4. The molecule has 5 rings (SSSR count). The van der Waals surface area contributed by atoms with Crippen molar-refractivity contribution in [2.45, 2.75) is 74.6 Å². The third-order valence-corrected chi connectivity index (χ3v) is 10.7. The number of aryl methyl sites for hydroxylation is 2. The van der Waals surface area contributed by atoms with Crippen LogP contribution in [0.15, 0.2) is 73.8 Å². The van der Waals surface area contributed by atoms with Crippen molar-refractivity contribution in [2.75, 3.05) is 31.1 Å². The van der Waals surface area contributed by atoms with Crippen LogP contribution in [-0.4, -0.2) is 82.5 Å². The molecule has 0 saturated carbocycles. The highest BCUT2D eigenvalue weighted by Gasteiger charge is 2.77. The lowest BCUT2D eigenvalue weighted by molar-refractivity contribution is -0.160. The number of para-hydroxylation sites is 1. The van der Waals surface area contributed by atoms with Gasteiger partial charge in [0.1, 0.15) is 17.7 Å². The predicted octanol–water partition coefficient (Wildman–Crippen LogP) is 4.71. The Morgan fingerprint density at radius 2 is 1.84 bits per heavy atom. The Kier molecular flexibility index (Phi) is 11.8. The van der Waals surface area contributed by atoms with Crippen molar-refractivity contribution in [1.29, 1.82) is 0 Å². The molecule has 3 aliphatic rings. The Hall–Kier alpha value is -3.80. The van der Waals surface area contributed by atoms with E-state index in [0.717, 1.165) is 16.8 Å². The number of nitrogens with zero attached hydrogens (tertiary/aromatic N) is 2. The number of hydrogen-bond acceptors (Lipinski definition) is 7. The molecule has 1 unspecified atom stereocenters. The van der Waals surface area contributed by atoms with Crippen LogP contribution in [-0.2, 0) is 28.7 Å². The van der Waals surface area contributed by atoms with Gasteiger partial charge in [-0.05, 0) is 56.2 Å². The number of hydrogen-bond donors (Lipinski definition) is 2. The molecule has 262 valence electrons. The number of rotatable bonds is 16. The third kappa shape index (κ3) is 7.11. The fourth-order valence-corrected chi connectivity index (χ4v) is 8.70. The summed E-state index contributed by atoms with van der Waals surface area (Å²) in [6.45, 7) is 11.9. The van der Waals surface area contributed by atoms with Gasteiger partial charge in [-0.25, -0.2) is 0 Å². The zero-order valence-corrected chi connectivity index (χ0v) is 29.8. The fourth-order valence-electron chi connectivity index (χ4n) is 7.75. The molecule has 11 heteroatoms. The van der Waals surface area contributed by atoms with Crippen molar-refractivity contribution >= 4 is 45.3 Å². The summed E-state index contributed by atoms with van der Waals surface area (Å²) in [4.78, 5) is 59.1. The first-order valence-electron chi connectivity index (χ1n) is 16.9. The summed E-state index contributed by atoms with van der Waals surface area (Å²) in [5, 5.41) is 12.4. The zero-order chi connectivity index (χ0) is 35.3. The molecule has 3 aliphatic heterocycles. The Bertz CT molecular complexity index is 1550. The lowest BCUT2D eigenvalue weighted by Gasteiger charge is -2.38. The van der Waals surface area contributed by atoms with Crippen LogP contribution < -0.4 is 10.2 Å². The second kappa shape index (κ2) is 15.8. The van der Waals surface area contributed by atoms with Gasteiger partial charge in [0, 0.05) is 36.6 Å². The van der Waals surface area contributed by atoms with E-state index in [9.17, 15) is 24.3 Å². The average Bonchev–Trinajstić information content (AvgIpc) is 3.68. The van der Waals surface area contributed by atoms with Gasteiger partial charge in [0.25, 0.3) is 5.91 Å². The maximum Gasteiger partial charge on any atom is 0.313 e. The molecular weight excluding hydrogens is 690 g/mol. The number of alkyl halides is 1. The molecule has 2 aromatic rings. The third-order valence-electron chi connectivity index (χ3n) is 9.88. The molecule has 49 heavy (non-hydrogen) atoms. The van der Waals surface area contributed by atoms with Gasteiger partial charge >= 0.3 is 5.97 Å². The minimum absolute atomic E-state index is 0.0478. The number of carbonyl (C=O) groups excluding carboxylic acids is 4. The smallest absolute Gasteiger partial charge is 0.313 e. The molecule has 0 radical (unpaired) electrons. The number of amides is 3. The minimum atomic E-state index is -1.28. The maximum absolute atomic E-state index is 14.9. The van der Waals surface area contributed by atoms with Gasteiger partial charge in [0.15, 0.2) is 0 Å². The monoisotopic (exact) mass is 735 g/mol. The van der Waals surface area contributed by atoms with E-state index in [1.165, 1.54) is 0 Å². The Morgan fingerprint density at radius 3 is 2.49 bits per heavy atom. The van der Waals surface area contributed by atoms with E-state index in [2.05, 4.69) is 34.4 Å². The van der Waals surface area contributed by atoms with Crippen molar-refractivity contribution in [2.24, 2.45) is 11.8 Å². The second-order valence-corrected chi connectivity index (χ2v) is 14.2. The summed E-state index contributed by atoms with van der Waals surface area (Å²) in [6, 6.07) is 13.9. The lowest BCUT2D eigenvalue weighted by Crippen LogP contribution is -2.57. The number of ether oxygens (including phenoxy) is 2. The standard InChI is InChI=1S/C38H46BrN3O7/c1-5-7-18-29(44)40-23-28(26-16-9-8-10-17-26)48-37(47)30-31-35(45)42(20-11-12-21-43)34(38(31)22-27(39)33(30)49-38)36(46)41(19-6-2)32-24(3)14-13-15-25(32)4/h5-6,8-10,13-17,27-28,30-31,33-34,43H,1-2,7,11-12,18-23H2,3-4H3,(H,40,44)/t27?,28-,30-,31+,33-,34-,38+/m1/s1. The van der Waals surface area contributed by atoms with Crippen molar-refractivity contribution in [3.05, 3.63) is 90.5 Å². The molecule has 7 atom stereocenters. The molecule has 3 saturated heterocycles. The van der Waals surface area contributed by atoms with Crippen LogP contribution >= 0.6 is 15.9 Å². The van der Waals surface area contributed by atoms with Gasteiger partial charge in [-0.3, -0.25) is 19.2 Å². The van der Waals surface area contributed by atoms with E-state index in [1.54, 1.807) is 22.0 Å². The highest BCUT2D eigenvalue weighted by atomic mass is 79.9. The number of benzene rings is 2. The number of esters is 1. The van der Waals surface area contributed by atoms with E-state index in [-0.39, 0.29) is 55.2 Å². The molecule has 10 nitrogen and oxygen atoms in total. The molecular formula is C38H46BrN3O7. The van der Waals surface area contributed by atoms with Crippen LogP contribution in [0.5, 0.6) is 0 Å². The summed E-state index contributed by atoms with van der Waals surface area (Å²) >= 11 is 3.73. The Labute approximate surface area is 296 Å². The quantitative estimate of drug-likeness (QED) is 0.111. The number of fused-ring (bicyclic) bond motifs is 1. The van der Waals surface area contributed by atoms with Crippen molar-refractivity contribution in [3.8, 4) is 0 Å². The first kappa shape index (κ1) is 36.5. The first-order chi connectivity index (χ1) is 23.6. The van der Waals surface area contributed by atoms with Crippen LogP contribution in [0.3, 0.4) is 0 Å². The van der Waals surface area contributed by atoms with E-state index in [4.69, 9.17) is 9.47 Å². The van der Waals surface area contributed by atoms with Crippen LogP contribution in [0.1, 0.15) is 54.9 Å². The lowest BCUT2D eigenvalue weighted by atomic mass is 9.70. The normalized spacial score (nSPS) is 25.8.